The molecule has 1 atom stereocenters. The van der Waals surface area contributed by atoms with Gasteiger partial charge in [-0.05, 0) is 26.8 Å². The Kier molecular flexibility index (Phi) is 3.12. The van der Waals surface area contributed by atoms with Gasteiger partial charge in [-0.1, -0.05) is 0 Å². The van der Waals surface area contributed by atoms with E-state index in [1.54, 1.807) is 19.5 Å². The van der Waals surface area contributed by atoms with Crippen molar-refractivity contribution in [2.24, 2.45) is 0 Å². The van der Waals surface area contributed by atoms with Crippen LogP contribution in [0.5, 0.6) is 0 Å². The van der Waals surface area contributed by atoms with E-state index in [-0.39, 0.29) is 11.6 Å². The zero-order valence-electron chi connectivity index (χ0n) is 8.37. The topological polar surface area (TPSA) is 45.4 Å². The monoisotopic (exact) mass is 183 g/mol. The van der Waals surface area contributed by atoms with Gasteiger partial charge in [-0.2, -0.15) is 0 Å². The van der Waals surface area contributed by atoms with Crippen molar-refractivity contribution in [2.45, 2.75) is 39.0 Å². The highest BCUT2D eigenvalue weighted by molar-refractivity contribution is 5.05. The molecule has 0 fully saturated rings. The van der Waals surface area contributed by atoms with E-state index in [1.807, 2.05) is 19.9 Å². The Balaban J connectivity index is 2.42. The first-order valence-corrected chi connectivity index (χ1v) is 4.46. The van der Waals surface area contributed by atoms with E-state index >= 15 is 0 Å². The lowest BCUT2D eigenvalue weighted by Gasteiger charge is -2.29. The van der Waals surface area contributed by atoms with Gasteiger partial charge in [0.15, 0.2) is 0 Å². The fourth-order valence-electron chi connectivity index (χ4n) is 0.871. The summed E-state index contributed by atoms with van der Waals surface area (Å²) >= 11 is 0. The largest absolute Gasteiger partial charge is 0.472 e. The van der Waals surface area contributed by atoms with Crippen molar-refractivity contribution in [2.75, 3.05) is 0 Å². The molecule has 2 N–H and O–H groups in total. The van der Waals surface area contributed by atoms with Crippen molar-refractivity contribution in [3.8, 4) is 0 Å². The average Bonchev–Trinajstić information content (AvgIpc) is 2.52. The number of furan rings is 1. The summed E-state index contributed by atoms with van der Waals surface area (Å²) in [5, 5.41) is 12.7. The number of nitrogens with one attached hydrogen (secondary N) is 1. The van der Waals surface area contributed by atoms with E-state index in [0.717, 1.165) is 5.56 Å². The summed E-state index contributed by atoms with van der Waals surface area (Å²) in [7, 11) is 0. The van der Waals surface area contributed by atoms with Crippen molar-refractivity contribution in [3.05, 3.63) is 24.2 Å². The van der Waals surface area contributed by atoms with Gasteiger partial charge < -0.3 is 14.8 Å². The number of aliphatic hydroxyl groups excluding tert-OH is 1. The number of rotatable bonds is 4. The van der Waals surface area contributed by atoms with Crippen LogP contribution in [-0.2, 0) is 6.54 Å². The van der Waals surface area contributed by atoms with Crippen LogP contribution in [0.15, 0.2) is 23.0 Å². The van der Waals surface area contributed by atoms with Crippen LogP contribution in [0.3, 0.4) is 0 Å². The molecule has 0 aromatic carbocycles. The van der Waals surface area contributed by atoms with Crippen LogP contribution >= 0.6 is 0 Å². The summed E-state index contributed by atoms with van der Waals surface area (Å²) in [5.74, 6) is 0. The molecular weight excluding hydrogens is 166 g/mol. The van der Waals surface area contributed by atoms with Crippen molar-refractivity contribution in [3.63, 3.8) is 0 Å². The molecule has 13 heavy (non-hydrogen) atoms. The van der Waals surface area contributed by atoms with Gasteiger partial charge in [0.2, 0.25) is 0 Å². The molecule has 3 heteroatoms. The molecule has 0 aliphatic carbocycles. The van der Waals surface area contributed by atoms with Crippen LogP contribution in [0.2, 0.25) is 0 Å². The Labute approximate surface area is 78.8 Å². The first-order valence-electron chi connectivity index (χ1n) is 4.46. The van der Waals surface area contributed by atoms with Gasteiger partial charge in [-0.25, -0.2) is 0 Å². The maximum atomic E-state index is 9.42. The minimum absolute atomic E-state index is 0.267. The smallest absolute Gasteiger partial charge is 0.0947 e. The minimum atomic E-state index is -0.376. The molecule has 0 bridgehead atoms. The van der Waals surface area contributed by atoms with E-state index in [4.69, 9.17) is 4.42 Å². The van der Waals surface area contributed by atoms with Crippen LogP contribution in [0.25, 0.3) is 0 Å². The van der Waals surface area contributed by atoms with E-state index in [2.05, 4.69) is 5.32 Å². The maximum absolute atomic E-state index is 9.42. The van der Waals surface area contributed by atoms with E-state index < -0.39 is 0 Å². The predicted molar refractivity (Wildman–Crippen MR) is 51.3 cm³/mol. The zero-order chi connectivity index (χ0) is 9.90. The highest BCUT2D eigenvalue weighted by Crippen LogP contribution is 2.10. The molecule has 0 radical (unpaired) electrons. The second kappa shape index (κ2) is 3.94. The van der Waals surface area contributed by atoms with Crippen LogP contribution in [0.1, 0.15) is 26.3 Å². The van der Waals surface area contributed by atoms with Gasteiger partial charge in [-0.15, -0.1) is 0 Å². The first-order chi connectivity index (χ1) is 6.02. The Morgan fingerprint density at radius 1 is 1.62 bits per heavy atom. The second-order valence-electron chi connectivity index (χ2n) is 3.88. The quantitative estimate of drug-likeness (QED) is 0.744. The highest BCUT2D eigenvalue weighted by Gasteiger charge is 2.22. The number of aliphatic hydroxyl groups is 1. The second-order valence-corrected chi connectivity index (χ2v) is 3.88. The molecule has 74 valence electrons. The average molecular weight is 183 g/mol. The third-order valence-corrected chi connectivity index (χ3v) is 2.37. The molecule has 0 saturated heterocycles. The lowest BCUT2D eigenvalue weighted by molar-refractivity contribution is 0.0956. The molecule has 1 unspecified atom stereocenters. The molecule has 0 aliphatic rings. The Bertz CT molecular complexity index is 239. The predicted octanol–water partition coefficient (Wildman–Crippen LogP) is 1.53. The SMILES string of the molecule is CC(O)C(C)(C)NCc1ccoc1. The maximum Gasteiger partial charge on any atom is 0.0947 e. The summed E-state index contributed by atoms with van der Waals surface area (Å²) in [6.45, 7) is 6.44. The summed E-state index contributed by atoms with van der Waals surface area (Å²) < 4.78 is 4.94. The first kappa shape index (κ1) is 10.3. The molecular formula is C10H17NO2. The van der Waals surface area contributed by atoms with E-state index in [9.17, 15) is 5.11 Å². The molecule has 0 amide bonds. The molecule has 0 spiro atoms. The van der Waals surface area contributed by atoms with Crippen LogP contribution < -0.4 is 5.32 Å². The molecule has 0 saturated carbocycles. The Hall–Kier alpha value is -0.800. The van der Waals surface area contributed by atoms with Crippen molar-refractivity contribution < 1.29 is 9.52 Å². The van der Waals surface area contributed by atoms with Gasteiger partial charge >= 0.3 is 0 Å². The third-order valence-electron chi connectivity index (χ3n) is 2.37. The van der Waals surface area contributed by atoms with Crippen LogP contribution in [-0.4, -0.2) is 16.7 Å². The van der Waals surface area contributed by atoms with Gasteiger partial charge in [0, 0.05) is 17.6 Å². The zero-order valence-corrected chi connectivity index (χ0v) is 8.37. The van der Waals surface area contributed by atoms with Gasteiger partial charge in [0.25, 0.3) is 0 Å². The van der Waals surface area contributed by atoms with Gasteiger partial charge in [0.1, 0.15) is 0 Å². The summed E-state index contributed by atoms with van der Waals surface area (Å²) in [4.78, 5) is 0. The Morgan fingerprint density at radius 2 is 2.31 bits per heavy atom. The lowest BCUT2D eigenvalue weighted by atomic mass is 9.98. The van der Waals surface area contributed by atoms with Gasteiger partial charge in [0.05, 0.1) is 18.6 Å². The summed E-state index contributed by atoms with van der Waals surface area (Å²) in [6.07, 6.45) is 2.97. The van der Waals surface area contributed by atoms with Crippen molar-refractivity contribution in [1.82, 2.24) is 5.32 Å². The molecule has 1 rings (SSSR count). The molecule has 1 aromatic rings. The number of hydrogen-bond donors (Lipinski definition) is 2. The summed E-state index contributed by atoms with van der Waals surface area (Å²) in [5.41, 5.74) is 0.825. The van der Waals surface area contributed by atoms with Crippen molar-refractivity contribution >= 4 is 0 Å². The lowest BCUT2D eigenvalue weighted by Crippen LogP contribution is -2.47. The van der Waals surface area contributed by atoms with Crippen molar-refractivity contribution in [1.29, 1.82) is 0 Å². The minimum Gasteiger partial charge on any atom is -0.472 e. The third kappa shape index (κ3) is 2.86. The number of hydrogen-bond acceptors (Lipinski definition) is 3. The van der Waals surface area contributed by atoms with E-state index in [1.165, 1.54) is 0 Å². The fourth-order valence-corrected chi connectivity index (χ4v) is 0.871. The van der Waals surface area contributed by atoms with E-state index in [0.29, 0.717) is 6.54 Å². The van der Waals surface area contributed by atoms with Gasteiger partial charge in [-0.3, -0.25) is 0 Å². The fraction of sp³-hybridized carbons (Fsp3) is 0.600. The van der Waals surface area contributed by atoms with Crippen LogP contribution in [0, 0.1) is 0 Å². The molecule has 0 aliphatic heterocycles. The van der Waals surface area contributed by atoms with Crippen LogP contribution in [0.4, 0.5) is 0 Å². The normalized spacial score (nSPS) is 14.5. The Morgan fingerprint density at radius 3 is 2.77 bits per heavy atom. The molecule has 3 nitrogen and oxygen atoms in total. The summed E-state index contributed by atoms with van der Waals surface area (Å²) in [6, 6.07) is 1.91. The standard InChI is InChI=1S/C10H17NO2/c1-8(12)10(2,3)11-6-9-4-5-13-7-9/h4-5,7-8,11-12H,6H2,1-3H3. The molecule has 1 aromatic heterocycles. The molecule has 1 heterocycles. The highest BCUT2D eigenvalue weighted by atomic mass is 16.3.